The lowest BCUT2D eigenvalue weighted by Crippen LogP contribution is -2.03. The number of benzene rings is 2. The van der Waals surface area contributed by atoms with E-state index in [9.17, 15) is 14.5 Å². The van der Waals surface area contributed by atoms with Gasteiger partial charge in [0.1, 0.15) is 6.61 Å². The van der Waals surface area contributed by atoms with Crippen molar-refractivity contribution in [2.24, 2.45) is 0 Å². The Hall–Kier alpha value is -2.94. The summed E-state index contributed by atoms with van der Waals surface area (Å²) in [5.41, 5.74) is 0.172. The van der Waals surface area contributed by atoms with Crippen LogP contribution in [0, 0.1) is 27.3 Å². The third-order valence-electron chi connectivity index (χ3n) is 2.87. The van der Waals surface area contributed by atoms with Crippen molar-refractivity contribution in [2.75, 3.05) is 0 Å². The van der Waals surface area contributed by atoms with Gasteiger partial charge in [0, 0.05) is 6.07 Å². The second kappa shape index (κ2) is 6.48. The monoisotopic (exact) mass is 286 g/mol. The molecule has 0 saturated carbocycles. The summed E-state index contributed by atoms with van der Waals surface area (Å²) < 4.78 is 19.5. The Morgan fingerprint density at radius 3 is 2.57 bits per heavy atom. The van der Waals surface area contributed by atoms with E-state index in [-0.39, 0.29) is 24.3 Å². The lowest BCUT2D eigenvalue weighted by molar-refractivity contribution is -0.385. The van der Waals surface area contributed by atoms with Crippen molar-refractivity contribution >= 4 is 5.69 Å². The molecule has 0 radical (unpaired) electrons. The molecule has 2 aromatic rings. The molecule has 0 saturated heterocycles. The summed E-state index contributed by atoms with van der Waals surface area (Å²) in [6.07, 6.45) is -0.384. The Kier molecular flexibility index (Phi) is 4.46. The highest BCUT2D eigenvalue weighted by molar-refractivity contribution is 5.48. The maximum absolute atomic E-state index is 14.2. The quantitative estimate of drug-likeness (QED) is 0.623. The van der Waals surface area contributed by atoms with Gasteiger partial charge in [-0.1, -0.05) is 30.3 Å². The van der Waals surface area contributed by atoms with Crippen molar-refractivity contribution in [3.05, 3.63) is 69.5 Å². The molecule has 5 nitrogen and oxygen atoms in total. The van der Waals surface area contributed by atoms with E-state index in [0.29, 0.717) is 0 Å². The van der Waals surface area contributed by atoms with Crippen molar-refractivity contribution in [1.29, 1.82) is 5.26 Å². The highest BCUT2D eigenvalue weighted by atomic mass is 19.1. The Labute approximate surface area is 120 Å². The summed E-state index contributed by atoms with van der Waals surface area (Å²) >= 11 is 0. The average Bonchev–Trinajstić information content (AvgIpc) is 2.49. The topological polar surface area (TPSA) is 76.2 Å². The molecule has 0 aromatic heterocycles. The molecule has 106 valence electrons. The van der Waals surface area contributed by atoms with Crippen LogP contribution in [0.3, 0.4) is 0 Å². The van der Waals surface area contributed by atoms with E-state index in [4.69, 9.17) is 10.00 Å². The first-order valence-electron chi connectivity index (χ1n) is 6.13. The van der Waals surface area contributed by atoms with E-state index in [1.54, 1.807) is 6.07 Å². The molecular weight excluding hydrogens is 275 g/mol. The molecule has 0 N–H and O–H groups in total. The van der Waals surface area contributed by atoms with Gasteiger partial charge < -0.3 is 4.74 Å². The Balaban J connectivity index is 2.27. The van der Waals surface area contributed by atoms with Gasteiger partial charge in [-0.3, -0.25) is 10.1 Å². The molecule has 6 heteroatoms. The standard InChI is InChI=1S/C15H11FN2O3/c16-15-12(8-9-17)13(18(19)20)6-7-14(15)21-10-11-4-2-1-3-5-11/h1-7H,8,10H2. The highest BCUT2D eigenvalue weighted by Gasteiger charge is 2.21. The van der Waals surface area contributed by atoms with Gasteiger partial charge in [0.2, 0.25) is 0 Å². The van der Waals surface area contributed by atoms with Crippen LogP contribution < -0.4 is 4.74 Å². The van der Waals surface area contributed by atoms with E-state index < -0.39 is 16.4 Å². The molecule has 0 unspecified atom stereocenters. The number of rotatable bonds is 5. The van der Waals surface area contributed by atoms with Crippen LogP contribution in [0.4, 0.5) is 10.1 Å². The molecule has 0 heterocycles. The zero-order chi connectivity index (χ0) is 15.2. The number of hydrogen-bond donors (Lipinski definition) is 0. The fourth-order valence-corrected chi connectivity index (χ4v) is 1.85. The second-order valence-corrected chi connectivity index (χ2v) is 4.24. The fraction of sp³-hybridized carbons (Fsp3) is 0.133. The first kappa shape index (κ1) is 14.5. The van der Waals surface area contributed by atoms with Gasteiger partial charge in [-0.2, -0.15) is 5.26 Å². The Bertz CT molecular complexity index is 696. The number of ether oxygens (including phenoxy) is 1. The predicted octanol–water partition coefficient (Wildman–Crippen LogP) is 3.38. The van der Waals surface area contributed by atoms with Crippen LogP contribution in [0.25, 0.3) is 0 Å². The zero-order valence-electron chi connectivity index (χ0n) is 11.0. The van der Waals surface area contributed by atoms with Crippen molar-refractivity contribution in [2.45, 2.75) is 13.0 Å². The summed E-state index contributed by atoms with van der Waals surface area (Å²) in [7, 11) is 0. The highest BCUT2D eigenvalue weighted by Crippen LogP contribution is 2.29. The number of nitro benzene ring substituents is 1. The summed E-state index contributed by atoms with van der Waals surface area (Å²) in [5, 5.41) is 19.5. The largest absolute Gasteiger partial charge is 0.486 e. The van der Waals surface area contributed by atoms with Crippen LogP contribution in [-0.4, -0.2) is 4.92 Å². The zero-order valence-corrected chi connectivity index (χ0v) is 11.0. The van der Waals surface area contributed by atoms with Gasteiger partial charge in [0.25, 0.3) is 5.69 Å². The van der Waals surface area contributed by atoms with E-state index in [2.05, 4.69) is 0 Å². The van der Waals surface area contributed by atoms with Crippen LogP contribution in [-0.2, 0) is 13.0 Å². The van der Waals surface area contributed by atoms with Crippen molar-refractivity contribution in [3.63, 3.8) is 0 Å². The van der Waals surface area contributed by atoms with Crippen LogP contribution in [0.1, 0.15) is 11.1 Å². The average molecular weight is 286 g/mol. The van der Waals surface area contributed by atoms with Crippen LogP contribution >= 0.6 is 0 Å². The summed E-state index contributed by atoms with van der Waals surface area (Å²) in [6, 6.07) is 13.2. The maximum atomic E-state index is 14.2. The molecule has 0 aliphatic heterocycles. The molecule has 0 aliphatic carbocycles. The Morgan fingerprint density at radius 1 is 1.24 bits per heavy atom. The van der Waals surface area contributed by atoms with Gasteiger partial charge in [-0.15, -0.1) is 0 Å². The van der Waals surface area contributed by atoms with Crippen LogP contribution in [0.2, 0.25) is 0 Å². The molecule has 0 fully saturated rings. The molecule has 0 bridgehead atoms. The normalized spacial score (nSPS) is 9.90. The van der Waals surface area contributed by atoms with Crippen LogP contribution in [0.15, 0.2) is 42.5 Å². The molecule has 0 aliphatic rings. The van der Waals surface area contributed by atoms with Crippen molar-refractivity contribution in [1.82, 2.24) is 0 Å². The SMILES string of the molecule is N#CCc1c([N+](=O)[O-])ccc(OCc2ccccc2)c1F. The molecule has 2 rings (SSSR count). The smallest absolute Gasteiger partial charge is 0.276 e. The molecule has 2 aromatic carbocycles. The first-order chi connectivity index (χ1) is 10.1. The first-order valence-corrected chi connectivity index (χ1v) is 6.13. The maximum Gasteiger partial charge on any atom is 0.276 e. The van der Waals surface area contributed by atoms with E-state index in [1.807, 2.05) is 30.3 Å². The van der Waals surface area contributed by atoms with Crippen LogP contribution in [0.5, 0.6) is 5.75 Å². The third kappa shape index (κ3) is 3.34. The van der Waals surface area contributed by atoms with Crippen molar-refractivity contribution < 1.29 is 14.1 Å². The van der Waals surface area contributed by atoms with E-state index in [0.717, 1.165) is 11.6 Å². The van der Waals surface area contributed by atoms with Gasteiger partial charge >= 0.3 is 0 Å². The van der Waals surface area contributed by atoms with Gasteiger partial charge in [0.15, 0.2) is 11.6 Å². The van der Waals surface area contributed by atoms with Crippen molar-refractivity contribution in [3.8, 4) is 11.8 Å². The fourth-order valence-electron chi connectivity index (χ4n) is 1.85. The molecule has 0 spiro atoms. The minimum atomic E-state index is -0.860. The lowest BCUT2D eigenvalue weighted by Gasteiger charge is -2.09. The van der Waals surface area contributed by atoms with Gasteiger partial charge in [0.05, 0.1) is 23.0 Å². The minimum absolute atomic E-state index is 0.102. The number of hydrogen-bond acceptors (Lipinski definition) is 4. The van der Waals surface area contributed by atoms with Gasteiger partial charge in [-0.25, -0.2) is 4.39 Å². The van der Waals surface area contributed by atoms with E-state index >= 15 is 0 Å². The molecule has 0 atom stereocenters. The Morgan fingerprint density at radius 2 is 1.95 bits per heavy atom. The minimum Gasteiger partial charge on any atom is -0.486 e. The van der Waals surface area contributed by atoms with Gasteiger partial charge in [-0.05, 0) is 11.6 Å². The number of nitro groups is 1. The third-order valence-corrected chi connectivity index (χ3v) is 2.87. The summed E-state index contributed by atoms with van der Waals surface area (Å²) in [5.74, 6) is -0.962. The molecule has 21 heavy (non-hydrogen) atoms. The number of nitriles is 1. The lowest BCUT2D eigenvalue weighted by atomic mass is 10.1. The number of halogens is 1. The second-order valence-electron chi connectivity index (χ2n) is 4.24. The molecule has 0 amide bonds. The summed E-state index contributed by atoms with van der Waals surface area (Å²) in [4.78, 5) is 10.1. The summed E-state index contributed by atoms with van der Waals surface area (Å²) in [6.45, 7) is 0.140. The number of nitrogens with zero attached hydrogens (tertiary/aromatic N) is 2. The predicted molar refractivity (Wildman–Crippen MR) is 73.1 cm³/mol. The molecular formula is C15H11FN2O3. The van der Waals surface area contributed by atoms with E-state index in [1.165, 1.54) is 6.07 Å².